The molecule has 1 aromatic rings. The van der Waals surface area contributed by atoms with Gasteiger partial charge in [-0.1, -0.05) is 26.0 Å². The molecule has 76 valence electrons. The SMILES string of the molecule is Cc1nc2n(c1C#N)C=CC(C)(C)C=C2. The maximum Gasteiger partial charge on any atom is 0.147 e. The average molecular weight is 199 g/mol. The zero-order chi connectivity index (χ0) is 11.1. The van der Waals surface area contributed by atoms with E-state index in [4.69, 9.17) is 5.26 Å². The van der Waals surface area contributed by atoms with Crippen molar-refractivity contribution >= 4 is 12.3 Å². The molecule has 1 aromatic heterocycles. The molecule has 0 aliphatic carbocycles. The van der Waals surface area contributed by atoms with Crippen LogP contribution in [0.1, 0.15) is 31.1 Å². The highest BCUT2D eigenvalue weighted by Gasteiger charge is 2.16. The van der Waals surface area contributed by atoms with E-state index in [0.29, 0.717) is 5.69 Å². The quantitative estimate of drug-likeness (QED) is 0.644. The number of hydrogen-bond donors (Lipinski definition) is 0. The fourth-order valence-corrected chi connectivity index (χ4v) is 1.58. The van der Waals surface area contributed by atoms with Gasteiger partial charge < -0.3 is 0 Å². The van der Waals surface area contributed by atoms with Crippen molar-refractivity contribution in [3.8, 4) is 6.07 Å². The average Bonchev–Trinajstić information content (AvgIpc) is 2.40. The fraction of sp³-hybridized carbons (Fsp3) is 0.333. The second kappa shape index (κ2) is 3.09. The summed E-state index contributed by atoms with van der Waals surface area (Å²) in [5, 5.41) is 9.02. The van der Waals surface area contributed by atoms with Gasteiger partial charge in [-0.2, -0.15) is 5.26 Å². The standard InChI is InChI=1S/C12H13N3/c1-9-10(8-13)15-7-6-12(2,3)5-4-11(15)14-9/h4-7H,1-3H3. The van der Waals surface area contributed by atoms with E-state index >= 15 is 0 Å². The smallest absolute Gasteiger partial charge is 0.147 e. The first-order valence-corrected chi connectivity index (χ1v) is 4.91. The molecule has 0 radical (unpaired) electrons. The fourth-order valence-electron chi connectivity index (χ4n) is 1.58. The first-order chi connectivity index (χ1) is 7.03. The van der Waals surface area contributed by atoms with E-state index in [1.54, 1.807) is 0 Å². The van der Waals surface area contributed by atoms with Gasteiger partial charge in [-0.3, -0.25) is 4.57 Å². The normalized spacial score (nSPS) is 16.9. The highest BCUT2D eigenvalue weighted by atomic mass is 15.1. The summed E-state index contributed by atoms with van der Waals surface area (Å²) in [5.74, 6) is 0.825. The van der Waals surface area contributed by atoms with Crippen molar-refractivity contribution in [1.29, 1.82) is 5.26 Å². The van der Waals surface area contributed by atoms with Crippen LogP contribution < -0.4 is 0 Å². The van der Waals surface area contributed by atoms with Crippen molar-refractivity contribution < 1.29 is 0 Å². The van der Waals surface area contributed by atoms with E-state index in [0.717, 1.165) is 11.5 Å². The molecule has 2 rings (SSSR count). The van der Waals surface area contributed by atoms with Crippen molar-refractivity contribution in [3.63, 3.8) is 0 Å². The van der Waals surface area contributed by atoms with Gasteiger partial charge in [0.1, 0.15) is 17.6 Å². The molecule has 1 aliphatic rings. The zero-order valence-electron chi connectivity index (χ0n) is 9.15. The summed E-state index contributed by atoms with van der Waals surface area (Å²) in [4.78, 5) is 4.35. The van der Waals surface area contributed by atoms with Gasteiger partial charge in [-0.05, 0) is 13.0 Å². The van der Waals surface area contributed by atoms with Crippen LogP contribution in [-0.2, 0) is 0 Å². The summed E-state index contributed by atoms with van der Waals surface area (Å²) < 4.78 is 1.83. The number of hydrogen-bond acceptors (Lipinski definition) is 2. The Morgan fingerprint density at radius 2 is 2.13 bits per heavy atom. The third-order valence-corrected chi connectivity index (χ3v) is 2.53. The van der Waals surface area contributed by atoms with Crippen LogP contribution in [0.3, 0.4) is 0 Å². The second-order valence-electron chi connectivity index (χ2n) is 4.36. The zero-order valence-corrected chi connectivity index (χ0v) is 9.15. The van der Waals surface area contributed by atoms with Crippen molar-refractivity contribution in [2.75, 3.05) is 0 Å². The van der Waals surface area contributed by atoms with Gasteiger partial charge in [0.05, 0.1) is 5.69 Å². The highest BCUT2D eigenvalue weighted by molar-refractivity contribution is 5.55. The molecule has 0 spiro atoms. The van der Waals surface area contributed by atoms with Crippen LogP contribution in [0.2, 0.25) is 0 Å². The van der Waals surface area contributed by atoms with Crippen LogP contribution >= 0.6 is 0 Å². The Morgan fingerprint density at radius 1 is 1.40 bits per heavy atom. The van der Waals surface area contributed by atoms with Crippen LogP contribution in [0.5, 0.6) is 0 Å². The summed E-state index contributed by atoms with van der Waals surface area (Å²) >= 11 is 0. The van der Waals surface area contributed by atoms with E-state index in [1.807, 2.05) is 23.8 Å². The molecule has 2 heterocycles. The van der Waals surface area contributed by atoms with Crippen LogP contribution in [0.25, 0.3) is 12.3 Å². The largest absolute Gasteiger partial charge is 0.291 e. The molecule has 0 unspecified atom stereocenters. The number of aryl methyl sites for hydroxylation is 1. The van der Waals surface area contributed by atoms with Gasteiger partial charge in [0.25, 0.3) is 0 Å². The van der Waals surface area contributed by atoms with E-state index < -0.39 is 0 Å². The Bertz CT molecular complexity index is 496. The minimum Gasteiger partial charge on any atom is -0.291 e. The number of imidazole rings is 1. The van der Waals surface area contributed by atoms with E-state index in [1.165, 1.54) is 0 Å². The Morgan fingerprint density at radius 3 is 2.80 bits per heavy atom. The van der Waals surface area contributed by atoms with Gasteiger partial charge in [-0.25, -0.2) is 4.98 Å². The highest BCUT2D eigenvalue weighted by Crippen LogP contribution is 2.25. The summed E-state index contributed by atoms with van der Waals surface area (Å²) in [6, 6.07) is 2.17. The van der Waals surface area contributed by atoms with Crippen molar-refractivity contribution in [2.45, 2.75) is 20.8 Å². The first-order valence-electron chi connectivity index (χ1n) is 4.91. The van der Waals surface area contributed by atoms with Gasteiger partial charge in [-0.15, -0.1) is 0 Å². The van der Waals surface area contributed by atoms with Gasteiger partial charge in [0.2, 0.25) is 0 Å². The Kier molecular flexibility index (Phi) is 2.01. The number of nitriles is 1. The molecule has 0 saturated heterocycles. The molecular formula is C12H13N3. The number of fused-ring (bicyclic) bond motifs is 1. The minimum absolute atomic E-state index is 0.0152. The Hall–Kier alpha value is -1.82. The van der Waals surface area contributed by atoms with Crippen molar-refractivity contribution in [3.05, 3.63) is 29.4 Å². The predicted molar refractivity (Wildman–Crippen MR) is 59.8 cm³/mol. The summed E-state index contributed by atoms with van der Waals surface area (Å²) in [7, 11) is 0. The molecule has 0 saturated carbocycles. The molecule has 0 atom stereocenters. The molecule has 3 heteroatoms. The second-order valence-corrected chi connectivity index (χ2v) is 4.36. The molecule has 0 fully saturated rings. The Balaban J connectivity index is 2.63. The molecule has 0 amide bonds. The van der Waals surface area contributed by atoms with Crippen molar-refractivity contribution in [2.24, 2.45) is 5.41 Å². The van der Waals surface area contributed by atoms with Gasteiger partial charge in [0, 0.05) is 11.6 Å². The van der Waals surface area contributed by atoms with Gasteiger partial charge >= 0.3 is 0 Å². The topological polar surface area (TPSA) is 41.6 Å². The summed E-state index contributed by atoms with van der Waals surface area (Å²) in [6.07, 6.45) is 8.06. The number of rotatable bonds is 0. The van der Waals surface area contributed by atoms with Crippen LogP contribution in [0.15, 0.2) is 12.2 Å². The number of allylic oxidation sites excluding steroid dienone is 2. The third kappa shape index (κ3) is 1.59. The van der Waals surface area contributed by atoms with Crippen LogP contribution in [0, 0.1) is 23.7 Å². The van der Waals surface area contributed by atoms with Gasteiger partial charge in [0.15, 0.2) is 0 Å². The van der Waals surface area contributed by atoms with Crippen molar-refractivity contribution in [1.82, 2.24) is 9.55 Å². The monoisotopic (exact) mass is 199 g/mol. The summed E-state index contributed by atoms with van der Waals surface area (Å²) in [6.45, 7) is 6.09. The first kappa shape index (κ1) is 9.72. The maximum absolute atomic E-state index is 9.02. The molecule has 0 bridgehead atoms. The predicted octanol–water partition coefficient (Wildman–Crippen LogP) is 2.59. The van der Waals surface area contributed by atoms with Crippen LogP contribution in [0.4, 0.5) is 0 Å². The maximum atomic E-state index is 9.02. The molecule has 0 aromatic carbocycles. The molecule has 1 aliphatic heterocycles. The lowest BCUT2D eigenvalue weighted by Crippen LogP contribution is -2.00. The summed E-state index contributed by atoms with van der Waals surface area (Å²) in [5.41, 5.74) is 1.41. The molecule has 15 heavy (non-hydrogen) atoms. The molecule has 0 N–H and O–H groups in total. The van der Waals surface area contributed by atoms with E-state index in [-0.39, 0.29) is 5.41 Å². The lowest BCUT2D eigenvalue weighted by Gasteiger charge is -2.11. The lowest BCUT2D eigenvalue weighted by molar-refractivity contribution is 0.632. The van der Waals surface area contributed by atoms with E-state index in [2.05, 4.69) is 37.1 Å². The van der Waals surface area contributed by atoms with Crippen LogP contribution in [-0.4, -0.2) is 9.55 Å². The third-order valence-electron chi connectivity index (χ3n) is 2.53. The number of nitrogens with zero attached hydrogens (tertiary/aromatic N) is 3. The minimum atomic E-state index is 0.0152. The molecule has 3 nitrogen and oxygen atoms in total. The number of aromatic nitrogens is 2. The lowest BCUT2D eigenvalue weighted by atomic mass is 9.93. The Labute approximate surface area is 89.4 Å². The van der Waals surface area contributed by atoms with E-state index in [9.17, 15) is 0 Å². The molecular weight excluding hydrogens is 186 g/mol.